The molecule has 0 heterocycles. The Bertz CT molecular complexity index is 2990. The molecule has 0 atom stereocenters. The van der Waals surface area contributed by atoms with Gasteiger partial charge in [-0.2, -0.15) is 0 Å². The third-order valence-corrected chi connectivity index (χ3v) is 10.9. The molecule has 0 spiro atoms. The van der Waals surface area contributed by atoms with Crippen LogP contribution in [0.2, 0.25) is 0 Å². The number of methoxy groups -OCH3 is 1. The molecule has 1 N–H and O–H groups in total. The van der Waals surface area contributed by atoms with Gasteiger partial charge in [0.2, 0.25) is 0 Å². The lowest BCUT2D eigenvalue weighted by atomic mass is 9.97. The van der Waals surface area contributed by atoms with Gasteiger partial charge < -0.3 is 19.6 Å². The van der Waals surface area contributed by atoms with Crippen molar-refractivity contribution in [1.29, 1.82) is 0 Å². The molecule has 8 heteroatoms. The first-order valence-corrected chi connectivity index (χ1v) is 23.8. The van der Waals surface area contributed by atoms with Gasteiger partial charge in [0.05, 0.1) is 7.11 Å². The Morgan fingerprint density at radius 2 is 0.631 bits per heavy atom. The smallest absolute Gasteiger partial charge is 0.369 e. The largest absolute Gasteiger partial charge is 0.507 e. The summed E-state index contributed by atoms with van der Waals surface area (Å²) >= 11 is 9.31. The summed E-state index contributed by atoms with van der Waals surface area (Å²) in [6.45, 7) is 0. The molecule has 0 saturated heterocycles. The zero-order valence-electron chi connectivity index (χ0n) is 35.6. The number of ether oxygens (including phenoxy) is 1. The van der Waals surface area contributed by atoms with Crippen molar-refractivity contribution in [1.82, 2.24) is 0 Å². The number of halogens is 3. The summed E-state index contributed by atoms with van der Waals surface area (Å²) in [6, 6.07) is 83.4. The van der Waals surface area contributed by atoms with Crippen LogP contribution in [0.1, 0.15) is 0 Å². The van der Waals surface area contributed by atoms with Crippen LogP contribution in [0.25, 0.3) is 43.8 Å². The van der Waals surface area contributed by atoms with E-state index in [-0.39, 0.29) is 3.18 Å². The number of hydrogen-bond acceptors (Lipinski definition) is 4. The van der Waals surface area contributed by atoms with Gasteiger partial charge in [0.15, 0.2) is 0 Å². The van der Waals surface area contributed by atoms with E-state index in [0.717, 1.165) is 67.2 Å². The van der Waals surface area contributed by atoms with Gasteiger partial charge in [0.25, 0.3) is 0 Å². The summed E-state index contributed by atoms with van der Waals surface area (Å²) in [6.07, 6.45) is 0. The van der Waals surface area contributed by atoms with E-state index >= 15 is 0 Å². The van der Waals surface area contributed by atoms with Gasteiger partial charge in [0.1, 0.15) is 11.5 Å². The van der Waals surface area contributed by atoms with E-state index in [0.29, 0.717) is 5.75 Å². The topological polar surface area (TPSA) is 35.9 Å². The molecule has 318 valence electrons. The van der Waals surface area contributed by atoms with Crippen LogP contribution in [-0.4, -0.2) is 15.4 Å². The highest BCUT2D eigenvalue weighted by molar-refractivity contribution is 9.69. The second-order valence-electron chi connectivity index (χ2n) is 14.9. The van der Waals surface area contributed by atoms with Crippen LogP contribution in [0.15, 0.2) is 243 Å². The van der Waals surface area contributed by atoms with Gasteiger partial charge in [-0.3, -0.25) is 0 Å². The number of phenolic OH excluding ortho intramolecular Hbond substituents is 1. The molecule has 0 aromatic heterocycles. The van der Waals surface area contributed by atoms with E-state index in [1.807, 2.05) is 54.6 Å². The molecule has 0 amide bonds. The summed E-state index contributed by atoms with van der Waals surface area (Å²) in [5, 5.41) is 14.4. The maximum Gasteiger partial charge on any atom is 0.369 e. The number of rotatable bonds is 9. The van der Waals surface area contributed by atoms with Gasteiger partial charge in [-0.15, -0.1) is 47.3 Å². The highest BCUT2D eigenvalue weighted by atomic mass is 79.9. The van der Waals surface area contributed by atoms with Crippen molar-refractivity contribution in [3.05, 3.63) is 243 Å². The molecule has 0 aliphatic heterocycles. The number of benzene rings is 10. The fraction of sp³-hybridized carbons (Fsp3) is 0.0175. The molecular formula is C57H44BBr3N2O2. The van der Waals surface area contributed by atoms with Gasteiger partial charge in [0, 0.05) is 44.9 Å². The van der Waals surface area contributed by atoms with Gasteiger partial charge in [-0.05, 0) is 118 Å². The third kappa shape index (κ3) is 10.9. The van der Waals surface area contributed by atoms with Gasteiger partial charge >= 0.3 is 3.18 Å². The molecule has 0 aliphatic carbocycles. The highest BCUT2D eigenvalue weighted by Crippen LogP contribution is 2.40. The fourth-order valence-corrected chi connectivity index (χ4v) is 8.02. The summed E-state index contributed by atoms with van der Waals surface area (Å²) in [4.78, 5) is 4.52. The number of nitrogens with zero attached hydrogens (tertiary/aromatic N) is 2. The van der Waals surface area contributed by atoms with Crippen molar-refractivity contribution < 1.29 is 9.84 Å². The average molecular weight is 1040 g/mol. The molecule has 10 rings (SSSR count). The predicted octanol–water partition coefficient (Wildman–Crippen LogP) is 17.8. The molecule has 0 saturated carbocycles. The summed E-state index contributed by atoms with van der Waals surface area (Å²) in [5.41, 5.74) is 11.3. The molecule has 0 aliphatic rings. The van der Waals surface area contributed by atoms with Gasteiger partial charge in [-0.1, -0.05) is 158 Å². The molecular weight excluding hydrogens is 995 g/mol. The quantitative estimate of drug-likeness (QED) is 0.146. The average Bonchev–Trinajstić information content (AvgIpc) is 3.36. The van der Waals surface area contributed by atoms with E-state index in [1.54, 1.807) is 13.2 Å². The first-order valence-electron chi connectivity index (χ1n) is 21.1. The Hall–Kier alpha value is -6.58. The van der Waals surface area contributed by atoms with E-state index in [4.69, 9.17) is 4.74 Å². The number of hydrogen-bond donors (Lipinski definition) is 1. The van der Waals surface area contributed by atoms with E-state index < -0.39 is 0 Å². The molecule has 4 nitrogen and oxygen atoms in total. The first kappa shape index (κ1) is 45.0. The second-order valence-corrected chi connectivity index (χ2v) is 21.3. The lowest BCUT2D eigenvalue weighted by Gasteiger charge is -2.25. The van der Waals surface area contributed by atoms with Crippen molar-refractivity contribution in [2.75, 3.05) is 16.9 Å². The van der Waals surface area contributed by atoms with Crippen LogP contribution in [0.5, 0.6) is 11.5 Å². The Labute approximate surface area is 406 Å². The number of para-hydroxylation sites is 4. The minimum absolute atomic E-state index is 0.271. The second kappa shape index (κ2) is 21.9. The third-order valence-electron chi connectivity index (χ3n) is 10.9. The Kier molecular flexibility index (Phi) is 15.1. The minimum atomic E-state index is 0.271. The lowest BCUT2D eigenvalue weighted by molar-refractivity contribution is 0.420. The van der Waals surface area contributed by atoms with Crippen molar-refractivity contribution in [3.8, 4) is 33.8 Å². The normalized spacial score (nSPS) is 10.5. The molecule has 0 radical (unpaired) electrons. The van der Waals surface area contributed by atoms with Crippen LogP contribution in [-0.2, 0) is 0 Å². The summed E-state index contributed by atoms with van der Waals surface area (Å²) < 4.78 is 5.83. The van der Waals surface area contributed by atoms with Crippen LogP contribution in [0.3, 0.4) is 0 Å². The van der Waals surface area contributed by atoms with Crippen molar-refractivity contribution in [3.63, 3.8) is 0 Å². The van der Waals surface area contributed by atoms with Crippen LogP contribution < -0.4 is 14.5 Å². The minimum Gasteiger partial charge on any atom is -0.507 e. The van der Waals surface area contributed by atoms with Crippen molar-refractivity contribution in [2.24, 2.45) is 0 Å². The zero-order valence-corrected chi connectivity index (χ0v) is 40.3. The monoisotopic (exact) mass is 1040 g/mol. The fourth-order valence-electron chi connectivity index (χ4n) is 8.02. The first-order chi connectivity index (χ1) is 31.9. The van der Waals surface area contributed by atoms with E-state index in [1.165, 1.54) is 16.5 Å². The molecule has 0 unspecified atom stereocenters. The standard InChI is InChI=1S/C29H23NO.C28H21NO.BBr3/c1-31-29-21-20-26(27-14-8-9-15-28(27)29)22-16-18-25(19-17-22)30(23-10-4-2-5-11-23)24-12-6-3-7-13-24;30-28-20-19-25(26-13-7-8-14-27(26)28)21-15-17-24(18-16-21)29(22-9-3-1-4-10-22)23-11-5-2-6-12-23;2-1(3)4/h2-21H,1H3;1-20,30H;. The number of phenols is 1. The maximum absolute atomic E-state index is 10.2. The Morgan fingerprint density at radius 1 is 0.338 bits per heavy atom. The molecule has 0 bridgehead atoms. The molecule has 0 fully saturated rings. The molecule has 10 aromatic carbocycles. The number of anilines is 6. The summed E-state index contributed by atoms with van der Waals surface area (Å²) in [5.74, 6) is 1.21. The van der Waals surface area contributed by atoms with Gasteiger partial charge in [-0.25, -0.2) is 0 Å². The van der Waals surface area contributed by atoms with Crippen molar-refractivity contribution >= 4 is 106 Å². The molecule has 10 aromatic rings. The number of fused-ring (bicyclic) bond motifs is 2. The van der Waals surface area contributed by atoms with Crippen LogP contribution in [0.4, 0.5) is 34.1 Å². The highest BCUT2D eigenvalue weighted by Gasteiger charge is 2.15. The lowest BCUT2D eigenvalue weighted by Crippen LogP contribution is -2.09. The zero-order chi connectivity index (χ0) is 45.0. The molecule has 65 heavy (non-hydrogen) atoms. The van der Waals surface area contributed by atoms with Crippen molar-refractivity contribution in [2.45, 2.75) is 0 Å². The van der Waals surface area contributed by atoms with E-state index in [9.17, 15) is 5.11 Å². The Balaban J connectivity index is 0.000000164. The predicted molar refractivity (Wildman–Crippen MR) is 289 cm³/mol. The maximum atomic E-state index is 10.2. The van der Waals surface area contributed by atoms with E-state index in [2.05, 4.69) is 239 Å². The summed E-state index contributed by atoms with van der Waals surface area (Å²) in [7, 11) is 1.72. The van der Waals surface area contributed by atoms with Crippen LogP contribution in [0, 0.1) is 0 Å². The van der Waals surface area contributed by atoms with Crippen LogP contribution >= 0.6 is 47.3 Å². The SMILES string of the molecule is BrB(Br)Br.COc1ccc(-c2ccc(N(c3ccccc3)c3ccccc3)cc2)c2ccccc12.Oc1ccc(-c2ccc(N(c3ccccc3)c3ccccc3)cc2)c2ccccc12. The number of aromatic hydroxyl groups is 1. The Morgan fingerprint density at radius 3 is 1.00 bits per heavy atom.